The maximum atomic E-state index is 11.8. The van der Waals surface area contributed by atoms with Crippen molar-refractivity contribution >= 4 is 22.3 Å². The highest BCUT2D eigenvalue weighted by molar-refractivity contribution is 7.79. The summed E-state index contributed by atoms with van der Waals surface area (Å²) in [4.78, 5) is 23.0. The van der Waals surface area contributed by atoms with Crippen molar-refractivity contribution in [3.8, 4) is 0 Å². The average Bonchev–Trinajstić information content (AvgIpc) is 2.58. The lowest BCUT2D eigenvalue weighted by Crippen LogP contribution is -2.33. The molecule has 0 spiro atoms. The van der Waals surface area contributed by atoms with Crippen LogP contribution < -0.4 is 0 Å². The van der Waals surface area contributed by atoms with Gasteiger partial charge in [-0.3, -0.25) is 18.7 Å². The van der Waals surface area contributed by atoms with Gasteiger partial charge in [0.2, 0.25) is 0 Å². The normalized spacial score (nSPS) is 11.6. The van der Waals surface area contributed by atoms with E-state index < -0.39 is 27.8 Å². The Bertz CT molecular complexity index is 507. The molecule has 0 aliphatic carbocycles. The van der Waals surface area contributed by atoms with E-state index in [1.807, 2.05) is 0 Å². The van der Waals surface area contributed by atoms with Crippen molar-refractivity contribution in [2.75, 3.05) is 0 Å². The van der Waals surface area contributed by atoms with Crippen molar-refractivity contribution in [3.63, 3.8) is 0 Å². The van der Waals surface area contributed by atoms with Gasteiger partial charge in [-0.05, 0) is 12.8 Å². The molecule has 0 aromatic rings. The molecule has 0 heterocycles. The molecular weight excluding hydrogens is 400 g/mol. The Labute approximate surface area is 175 Å². The van der Waals surface area contributed by atoms with Crippen molar-refractivity contribution < 1.29 is 37.3 Å². The molecule has 174 valence electrons. The Morgan fingerprint density at radius 3 is 1.28 bits per heavy atom. The van der Waals surface area contributed by atoms with Crippen LogP contribution in [0.15, 0.2) is 0 Å². The molecule has 0 bridgehead atoms. The van der Waals surface area contributed by atoms with Gasteiger partial charge >= 0.3 is 22.3 Å². The molecule has 0 amide bonds. The summed E-state index contributed by atoms with van der Waals surface area (Å²) in [5.41, 5.74) is -1.07. The second kappa shape index (κ2) is 17.7. The maximum Gasteiger partial charge on any atom is 0.394 e. The van der Waals surface area contributed by atoms with Crippen LogP contribution in [0.25, 0.3) is 0 Å². The first-order valence-electron chi connectivity index (χ1n) is 10.6. The molecule has 8 nitrogen and oxygen atoms in total. The first-order valence-corrected chi connectivity index (χ1v) is 12.0. The van der Waals surface area contributed by atoms with E-state index in [4.69, 9.17) is 17.5 Å². The molecule has 0 aliphatic heterocycles. The molecule has 0 unspecified atom stereocenters. The maximum absolute atomic E-state index is 11.8. The van der Waals surface area contributed by atoms with Gasteiger partial charge in [0.05, 0.1) is 11.8 Å². The standard InChI is InChI=1S/C20H38O4.H2O4S/c1-3-5-7-9-11-13-15-20(19(23)24,17-18(21)22)16-14-12-10-8-6-4-2;1-5(2,3)4/h3-17H2,1-2H3,(H,21,22)(H,23,24);(H2,1,2,3,4). The zero-order valence-corrected chi connectivity index (χ0v) is 18.8. The minimum absolute atomic E-state index is 0.244. The Balaban J connectivity index is 0. The van der Waals surface area contributed by atoms with E-state index in [9.17, 15) is 19.8 Å². The fraction of sp³-hybridized carbons (Fsp3) is 0.900. The van der Waals surface area contributed by atoms with Gasteiger partial charge in [0.25, 0.3) is 0 Å². The second-order valence-electron chi connectivity index (χ2n) is 7.64. The number of hydrogen-bond donors (Lipinski definition) is 4. The predicted molar refractivity (Wildman–Crippen MR) is 112 cm³/mol. The summed E-state index contributed by atoms with van der Waals surface area (Å²) in [6, 6.07) is 0. The number of hydrogen-bond acceptors (Lipinski definition) is 4. The quantitative estimate of drug-likeness (QED) is 0.174. The minimum Gasteiger partial charge on any atom is -0.481 e. The van der Waals surface area contributed by atoms with Crippen LogP contribution in [0.4, 0.5) is 0 Å². The lowest BCUT2D eigenvalue weighted by molar-refractivity contribution is -0.157. The minimum atomic E-state index is -4.67. The van der Waals surface area contributed by atoms with Gasteiger partial charge in [-0.15, -0.1) is 0 Å². The molecule has 0 saturated carbocycles. The fourth-order valence-corrected chi connectivity index (χ4v) is 3.37. The van der Waals surface area contributed by atoms with E-state index >= 15 is 0 Å². The number of rotatable bonds is 17. The summed E-state index contributed by atoms with van der Waals surface area (Å²) >= 11 is 0. The SMILES string of the molecule is CCCCCCCCC(CCCCCCCC)(CC(=O)O)C(=O)O.O=S(=O)(O)O. The van der Waals surface area contributed by atoms with Gasteiger partial charge < -0.3 is 10.2 Å². The summed E-state index contributed by atoms with van der Waals surface area (Å²) in [7, 11) is -4.67. The zero-order chi connectivity index (χ0) is 22.8. The Morgan fingerprint density at radius 2 is 1.00 bits per heavy atom. The van der Waals surface area contributed by atoms with Crippen molar-refractivity contribution in [1.82, 2.24) is 0 Å². The van der Waals surface area contributed by atoms with Gasteiger partial charge in [-0.25, -0.2) is 0 Å². The van der Waals surface area contributed by atoms with Gasteiger partial charge in [0, 0.05) is 0 Å². The molecule has 0 aromatic heterocycles. The predicted octanol–water partition coefficient (Wildman–Crippen LogP) is 5.38. The molecule has 0 aliphatic rings. The van der Waals surface area contributed by atoms with E-state index in [2.05, 4.69) is 13.8 Å². The fourth-order valence-electron chi connectivity index (χ4n) is 3.37. The number of carbonyl (C=O) groups is 2. The van der Waals surface area contributed by atoms with Gasteiger partial charge in [-0.2, -0.15) is 8.42 Å². The first kappa shape index (κ1) is 30.0. The molecule has 0 radical (unpaired) electrons. The molecule has 9 heteroatoms. The largest absolute Gasteiger partial charge is 0.481 e. The van der Waals surface area contributed by atoms with E-state index in [0.717, 1.165) is 38.5 Å². The lowest BCUT2D eigenvalue weighted by atomic mass is 9.75. The molecule has 0 rings (SSSR count). The van der Waals surface area contributed by atoms with E-state index in [0.29, 0.717) is 12.8 Å². The van der Waals surface area contributed by atoms with Gasteiger partial charge in [0.15, 0.2) is 0 Å². The smallest absolute Gasteiger partial charge is 0.394 e. The second-order valence-corrected chi connectivity index (χ2v) is 8.54. The van der Waals surface area contributed by atoms with Crippen molar-refractivity contribution in [3.05, 3.63) is 0 Å². The van der Waals surface area contributed by atoms with Crippen LogP contribution in [0.5, 0.6) is 0 Å². The Kier molecular flexibility index (Phi) is 18.3. The van der Waals surface area contributed by atoms with Crippen molar-refractivity contribution in [2.24, 2.45) is 5.41 Å². The lowest BCUT2D eigenvalue weighted by Gasteiger charge is -2.28. The third kappa shape index (κ3) is 21.3. The summed E-state index contributed by atoms with van der Waals surface area (Å²) in [5.74, 6) is -1.92. The topological polar surface area (TPSA) is 149 Å². The van der Waals surface area contributed by atoms with Gasteiger partial charge in [-0.1, -0.05) is 90.9 Å². The first-order chi connectivity index (χ1) is 13.5. The highest BCUT2D eigenvalue weighted by Crippen LogP contribution is 2.36. The highest BCUT2D eigenvalue weighted by atomic mass is 32.3. The molecule has 0 aromatic carbocycles. The van der Waals surface area contributed by atoms with E-state index in [1.165, 1.54) is 38.5 Å². The summed E-state index contributed by atoms with van der Waals surface area (Å²) in [6.07, 6.45) is 13.8. The number of carboxylic acids is 2. The summed E-state index contributed by atoms with van der Waals surface area (Å²) in [5, 5.41) is 18.9. The number of unbranched alkanes of at least 4 members (excludes halogenated alkanes) is 10. The van der Waals surface area contributed by atoms with E-state index in [-0.39, 0.29) is 6.42 Å². The molecule has 29 heavy (non-hydrogen) atoms. The molecular formula is C20H40O8S. The van der Waals surface area contributed by atoms with Crippen molar-refractivity contribution in [2.45, 2.75) is 110 Å². The van der Waals surface area contributed by atoms with Crippen LogP contribution in [0, 0.1) is 5.41 Å². The van der Waals surface area contributed by atoms with Crippen LogP contribution in [0.3, 0.4) is 0 Å². The van der Waals surface area contributed by atoms with Crippen molar-refractivity contribution in [1.29, 1.82) is 0 Å². The third-order valence-electron chi connectivity index (χ3n) is 4.96. The van der Waals surface area contributed by atoms with E-state index in [1.54, 1.807) is 0 Å². The summed E-state index contributed by atoms with van der Waals surface area (Å²) < 4.78 is 31.6. The highest BCUT2D eigenvalue weighted by Gasteiger charge is 2.39. The summed E-state index contributed by atoms with van der Waals surface area (Å²) in [6.45, 7) is 4.34. The number of aliphatic carboxylic acids is 2. The molecule has 0 fully saturated rings. The Morgan fingerprint density at radius 1 is 0.690 bits per heavy atom. The Hall–Kier alpha value is -1.19. The molecule has 0 atom stereocenters. The zero-order valence-electron chi connectivity index (χ0n) is 17.9. The van der Waals surface area contributed by atoms with Gasteiger partial charge in [0.1, 0.15) is 0 Å². The molecule has 0 saturated heterocycles. The monoisotopic (exact) mass is 440 g/mol. The van der Waals surface area contributed by atoms with Crippen LogP contribution in [0.1, 0.15) is 110 Å². The van der Waals surface area contributed by atoms with Crippen LogP contribution >= 0.6 is 0 Å². The molecule has 4 N–H and O–H groups in total. The van der Waals surface area contributed by atoms with Crippen LogP contribution in [0.2, 0.25) is 0 Å². The number of carboxylic acid groups (broad SMARTS) is 2. The third-order valence-corrected chi connectivity index (χ3v) is 4.96. The van der Waals surface area contributed by atoms with Crippen LogP contribution in [-0.2, 0) is 20.0 Å². The average molecular weight is 441 g/mol. The van der Waals surface area contributed by atoms with Crippen LogP contribution in [-0.4, -0.2) is 39.7 Å².